The maximum Gasteiger partial charge on any atom is 0.0161 e. The highest BCUT2D eigenvalue weighted by Gasteiger charge is 2.49. The second kappa shape index (κ2) is 5.01. The van der Waals surface area contributed by atoms with Gasteiger partial charge < -0.3 is 5.32 Å². The number of rotatable bonds is 6. The zero-order valence-electron chi connectivity index (χ0n) is 10.5. The lowest BCUT2D eigenvalue weighted by atomic mass is 9.86. The van der Waals surface area contributed by atoms with Crippen LogP contribution in [0.2, 0.25) is 0 Å². The summed E-state index contributed by atoms with van der Waals surface area (Å²) in [6.07, 6.45) is 5.16. The van der Waals surface area contributed by atoms with Gasteiger partial charge >= 0.3 is 0 Å². The molecule has 1 aliphatic rings. The molecule has 0 aliphatic heterocycles. The summed E-state index contributed by atoms with van der Waals surface area (Å²) < 4.78 is 0. The van der Waals surface area contributed by atoms with E-state index in [-0.39, 0.29) is 0 Å². The van der Waals surface area contributed by atoms with Crippen LogP contribution in [-0.2, 0) is 5.41 Å². The molecule has 16 heavy (non-hydrogen) atoms. The Morgan fingerprint density at radius 1 is 1.19 bits per heavy atom. The Bertz CT molecular complexity index is 313. The van der Waals surface area contributed by atoms with Crippen molar-refractivity contribution >= 4 is 0 Å². The molecule has 2 rings (SSSR count). The normalized spacial score (nSPS) is 19.4. The molecule has 0 heterocycles. The van der Waals surface area contributed by atoms with E-state index in [2.05, 4.69) is 49.5 Å². The Hall–Kier alpha value is -0.820. The first-order valence-electron chi connectivity index (χ1n) is 6.62. The van der Waals surface area contributed by atoms with E-state index in [1.165, 1.54) is 31.2 Å². The fourth-order valence-corrected chi connectivity index (χ4v) is 2.79. The van der Waals surface area contributed by atoms with Gasteiger partial charge in [0.25, 0.3) is 0 Å². The average Bonchev–Trinajstić information content (AvgIpc) is 3.13. The molecule has 1 atom stereocenters. The third-order valence-corrected chi connectivity index (χ3v) is 3.85. The third-order valence-electron chi connectivity index (χ3n) is 3.85. The van der Waals surface area contributed by atoms with Gasteiger partial charge in [0.2, 0.25) is 0 Å². The summed E-state index contributed by atoms with van der Waals surface area (Å²) in [5.41, 5.74) is 1.98. The van der Waals surface area contributed by atoms with Crippen molar-refractivity contribution in [2.24, 2.45) is 0 Å². The van der Waals surface area contributed by atoms with Gasteiger partial charge in [-0.2, -0.15) is 0 Å². The highest BCUT2D eigenvalue weighted by Crippen LogP contribution is 2.51. The first-order valence-corrected chi connectivity index (χ1v) is 6.62. The maximum atomic E-state index is 3.72. The van der Waals surface area contributed by atoms with Crippen molar-refractivity contribution in [1.82, 2.24) is 5.32 Å². The average molecular weight is 217 g/mol. The zero-order valence-corrected chi connectivity index (χ0v) is 10.5. The second-order valence-electron chi connectivity index (χ2n) is 4.94. The van der Waals surface area contributed by atoms with Crippen LogP contribution in [0, 0.1) is 0 Å². The SMILES string of the molecule is CCCNC(CC)C1(c2ccccc2)CC1. The van der Waals surface area contributed by atoms with Crippen LogP contribution in [0.15, 0.2) is 30.3 Å². The highest BCUT2D eigenvalue weighted by molar-refractivity contribution is 5.33. The van der Waals surface area contributed by atoms with E-state index in [0.29, 0.717) is 11.5 Å². The predicted octanol–water partition coefficient (Wildman–Crippen LogP) is 3.50. The van der Waals surface area contributed by atoms with Crippen LogP contribution in [0.1, 0.15) is 45.1 Å². The van der Waals surface area contributed by atoms with Gasteiger partial charge in [-0.1, -0.05) is 44.2 Å². The number of benzene rings is 1. The molecule has 0 bridgehead atoms. The molecule has 0 radical (unpaired) electrons. The summed E-state index contributed by atoms with van der Waals surface area (Å²) in [6, 6.07) is 11.7. The highest BCUT2D eigenvalue weighted by atomic mass is 14.9. The number of nitrogens with one attached hydrogen (secondary N) is 1. The summed E-state index contributed by atoms with van der Waals surface area (Å²) in [5, 5.41) is 3.72. The van der Waals surface area contributed by atoms with Gasteiger partial charge in [-0.05, 0) is 37.8 Å². The minimum atomic E-state index is 0.450. The monoisotopic (exact) mass is 217 g/mol. The molecule has 1 heteroatoms. The zero-order chi connectivity index (χ0) is 11.4. The lowest BCUT2D eigenvalue weighted by Crippen LogP contribution is -2.39. The van der Waals surface area contributed by atoms with Gasteiger partial charge in [-0.15, -0.1) is 0 Å². The summed E-state index contributed by atoms with van der Waals surface area (Å²) >= 11 is 0. The van der Waals surface area contributed by atoms with E-state index in [0.717, 1.165) is 6.54 Å². The molecule has 0 spiro atoms. The molecule has 1 saturated carbocycles. The number of hydrogen-bond acceptors (Lipinski definition) is 1. The van der Waals surface area contributed by atoms with Gasteiger partial charge in [-0.3, -0.25) is 0 Å². The van der Waals surface area contributed by atoms with Crippen molar-refractivity contribution in [2.45, 2.75) is 51.0 Å². The largest absolute Gasteiger partial charge is 0.313 e. The molecule has 1 fully saturated rings. The van der Waals surface area contributed by atoms with Gasteiger partial charge in [0, 0.05) is 11.5 Å². The van der Waals surface area contributed by atoms with Crippen LogP contribution in [0.25, 0.3) is 0 Å². The number of hydrogen-bond donors (Lipinski definition) is 1. The second-order valence-corrected chi connectivity index (χ2v) is 4.94. The van der Waals surface area contributed by atoms with Gasteiger partial charge in [0.15, 0.2) is 0 Å². The molecule has 1 aliphatic carbocycles. The van der Waals surface area contributed by atoms with E-state index in [9.17, 15) is 0 Å². The Kier molecular flexibility index (Phi) is 3.65. The minimum absolute atomic E-state index is 0.450. The van der Waals surface area contributed by atoms with E-state index in [1.54, 1.807) is 0 Å². The standard InChI is InChI=1S/C15H23N/c1-3-12-16-14(4-2)15(10-11-15)13-8-6-5-7-9-13/h5-9,14,16H,3-4,10-12H2,1-2H3. The Balaban J connectivity index is 2.11. The van der Waals surface area contributed by atoms with Crippen LogP contribution < -0.4 is 5.32 Å². The van der Waals surface area contributed by atoms with Crippen LogP contribution in [0.3, 0.4) is 0 Å². The summed E-state index contributed by atoms with van der Waals surface area (Å²) in [4.78, 5) is 0. The molecule has 1 aromatic rings. The Morgan fingerprint density at radius 2 is 1.88 bits per heavy atom. The van der Waals surface area contributed by atoms with Crippen LogP contribution in [0.4, 0.5) is 0 Å². The first kappa shape index (κ1) is 11.7. The molecule has 1 nitrogen and oxygen atoms in total. The smallest absolute Gasteiger partial charge is 0.0161 e. The minimum Gasteiger partial charge on any atom is -0.313 e. The molecule has 0 aromatic heterocycles. The molecular weight excluding hydrogens is 194 g/mol. The summed E-state index contributed by atoms with van der Waals surface area (Å²) in [5.74, 6) is 0. The first-order chi connectivity index (χ1) is 7.83. The molecule has 88 valence electrons. The van der Waals surface area contributed by atoms with Crippen molar-refractivity contribution in [3.8, 4) is 0 Å². The topological polar surface area (TPSA) is 12.0 Å². The van der Waals surface area contributed by atoms with Gasteiger partial charge in [0.1, 0.15) is 0 Å². The van der Waals surface area contributed by atoms with Gasteiger partial charge in [-0.25, -0.2) is 0 Å². The van der Waals surface area contributed by atoms with Gasteiger partial charge in [0.05, 0.1) is 0 Å². The molecule has 1 aromatic carbocycles. The van der Waals surface area contributed by atoms with Crippen molar-refractivity contribution < 1.29 is 0 Å². The van der Waals surface area contributed by atoms with Crippen LogP contribution in [0.5, 0.6) is 0 Å². The van der Waals surface area contributed by atoms with E-state index < -0.39 is 0 Å². The van der Waals surface area contributed by atoms with Crippen LogP contribution >= 0.6 is 0 Å². The van der Waals surface area contributed by atoms with Crippen LogP contribution in [-0.4, -0.2) is 12.6 Å². The summed E-state index contributed by atoms with van der Waals surface area (Å²) in [7, 11) is 0. The fourth-order valence-electron chi connectivity index (χ4n) is 2.79. The molecule has 1 N–H and O–H groups in total. The molecule has 0 amide bonds. The predicted molar refractivity (Wildman–Crippen MR) is 69.7 cm³/mol. The van der Waals surface area contributed by atoms with Crippen molar-refractivity contribution in [3.63, 3.8) is 0 Å². The van der Waals surface area contributed by atoms with Crippen molar-refractivity contribution in [2.75, 3.05) is 6.54 Å². The fraction of sp³-hybridized carbons (Fsp3) is 0.600. The molecule has 1 unspecified atom stereocenters. The molecular formula is C15H23N. The quantitative estimate of drug-likeness (QED) is 0.769. The molecule has 0 saturated heterocycles. The lowest BCUT2D eigenvalue weighted by Gasteiger charge is -2.27. The van der Waals surface area contributed by atoms with Crippen molar-refractivity contribution in [1.29, 1.82) is 0 Å². The maximum absolute atomic E-state index is 3.72. The van der Waals surface area contributed by atoms with Crippen molar-refractivity contribution in [3.05, 3.63) is 35.9 Å². The third kappa shape index (κ3) is 2.15. The van der Waals surface area contributed by atoms with E-state index in [4.69, 9.17) is 0 Å². The summed E-state index contributed by atoms with van der Waals surface area (Å²) in [6.45, 7) is 5.69. The lowest BCUT2D eigenvalue weighted by molar-refractivity contribution is 0.404. The van der Waals surface area contributed by atoms with E-state index in [1.807, 2.05) is 0 Å². The Morgan fingerprint density at radius 3 is 2.38 bits per heavy atom. The Labute approximate surface area is 99.3 Å². The van der Waals surface area contributed by atoms with E-state index >= 15 is 0 Å².